The van der Waals surface area contributed by atoms with Crippen LogP contribution in [-0.2, 0) is 10.0 Å². The lowest BCUT2D eigenvalue weighted by Crippen LogP contribution is -2.10. The first kappa shape index (κ1) is 16.2. The molecule has 0 aliphatic heterocycles. The standard InChI is InChI=1S/C14H18N2O5S/c1-5-21-13-11(19-2)8-10(9-12(13)20-3)14-15-6-7-16(14)22(4,17)18/h6-9H,5H2,1-4H3. The zero-order valence-corrected chi connectivity index (χ0v) is 13.7. The van der Waals surface area contributed by atoms with Gasteiger partial charge in [0.15, 0.2) is 17.3 Å². The number of nitrogens with zero attached hydrogens (tertiary/aromatic N) is 2. The Balaban J connectivity index is 2.65. The summed E-state index contributed by atoms with van der Waals surface area (Å²) in [5.41, 5.74) is 0.549. The van der Waals surface area contributed by atoms with Crippen molar-refractivity contribution in [3.63, 3.8) is 0 Å². The number of hydrogen-bond acceptors (Lipinski definition) is 6. The molecule has 7 nitrogen and oxygen atoms in total. The lowest BCUT2D eigenvalue weighted by Gasteiger charge is -2.15. The molecule has 0 fully saturated rings. The molecule has 1 aromatic heterocycles. The molecular formula is C14H18N2O5S. The van der Waals surface area contributed by atoms with Gasteiger partial charge in [-0.05, 0) is 19.1 Å². The Bertz CT molecular complexity index is 742. The summed E-state index contributed by atoms with van der Waals surface area (Å²) in [6, 6.07) is 3.33. The Hall–Kier alpha value is -2.22. The normalized spacial score (nSPS) is 11.3. The van der Waals surface area contributed by atoms with Crippen molar-refractivity contribution in [1.29, 1.82) is 0 Å². The van der Waals surface area contributed by atoms with Gasteiger partial charge in [-0.15, -0.1) is 0 Å². The van der Waals surface area contributed by atoms with Gasteiger partial charge in [-0.2, -0.15) is 0 Å². The summed E-state index contributed by atoms with van der Waals surface area (Å²) < 4.78 is 40.9. The van der Waals surface area contributed by atoms with Gasteiger partial charge in [0, 0.05) is 18.0 Å². The highest BCUT2D eigenvalue weighted by Crippen LogP contribution is 2.41. The molecule has 0 unspecified atom stereocenters. The van der Waals surface area contributed by atoms with Crippen LogP contribution in [0.4, 0.5) is 0 Å². The fourth-order valence-electron chi connectivity index (χ4n) is 2.06. The molecule has 120 valence electrons. The topological polar surface area (TPSA) is 79.7 Å². The average Bonchev–Trinajstić information content (AvgIpc) is 2.97. The van der Waals surface area contributed by atoms with Crippen LogP contribution in [0.5, 0.6) is 17.2 Å². The van der Waals surface area contributed by atoms with Gasteiger partial charge in [0.05, 0.1) is 27.1 Å². The fraction of sp³-hybridized carbons (Fsp3) is 0.357. The zero-order chi connectivity index (χ0) is 16.3. The Labute approximate surface area is 129 Å². The maximum Gasteiger partial charge on any atom is 0.237 e. The number of ether oxygens (including phenoxy) is 3. The monoisotopic (exact) mass is 326 g/mol. The van der Waals surface area contributed by atoms with Crippen molar-refractivity contribution in [3.8, 4) is 28.6 Å². The van der Waals surface area contributed by atoms with Gasteiger partial charge < -0.3 is 14.2 Å². The molecule has 2 aromatic rings. The molecule has 0 atom stereocenters. The van der Waals surface area contributed by atoms with Crippen molar-refractivity contribution in [2.45, 2.75) is 6.92 Å². The molecule has 0 amide bonds. The van der Waals surface area contributed by atoms with E-state index in [9.17, 15) is 8.42 Å². The maximum atomic E-state index is 11.8. The molecule has 2 rings (SSSR count). The maximum absolute atomic E-state index is 11.8. The molecule has 0 aliphatic carbocycles. The van der Waals surface area contributed by atoms with Crippen LogP contribution in [0.3, 0.4) is 0 Å². The van der Waals surface area contributed by atoms with Crippen molar-refractivity contribution in [2.24, 2.45) is 0 Å². The molecule has 1 aromatic carbocycles. The molecule has 0 spiro atoms. The second kappa shape index (κ2) is 6.27. The SMILES string of the molecule is CCOc1c(OC)cc(-c2nccn2S(C)(=O)=O)cc1OC. The van der Waals surface area contributed by atoms with E-state index in [2.05, 4.69) is 4.98 Å². The van der Waals surface area contributed by atoms with E-state index < -0.39 is 10.0 Å². The van der Waals surface area contributed by atoms with Crippen LogP contribution in [0.15, 0.2) is 24.5 Å². The first-order valence-electron chi connectivity index (χ1n) is 6.55. The number of hydrogen-bond donors (Lipinski definition) is 0. The third-order valence-corrected chi connectivity index (χ3v) is 3.98. The van der Waals surface area contributed by atoms with Gasteiger partial charge in [-0.3, -0.25) is 0 Å². The van der Waals surface area contributed by atoms with E-state index in [1.165, 1.54) is 26.6 Å². The summed E-state index contributed by atoms with van der Waals surface area (Å²) >= 11 is 0. The number of rotatable bonds is 6. The van der Waals surface area contributed by atoms with Gasteiger partial charge in [0.1, 0.15) is 0 Å². The Kier molecular flexibility index (Phi) is 4.60. The van der Waals surface area contributed by atoms with Gasteiger partial charge in [-0.1, -0.05) is 0 Å². The molecule has 0 bridgehead atoms. The molecule has 0 saturated carbocycles. The van der Waals surface area contributed by atoms with Crippen LogP contribution < -0.4 is 14.2 Å². The molecule has 22 heavy (non-hydrogen) atoms. The molecule has 0 aliphatic rings. The van der Waals surface area contributed by atoms with E-state index in [0.717, 1.165) is 10.2 Å². The van der Waals surface area contributed by atoms with Crippen molar-refractivity contribution < 1.29 is 22.6 Å². The van der Waals surface area contributed by atoms with Gasteiger partial charge in [-0.25, -0.2) is 17.4 Å². The summed E-state index contributed by atoms with van der Waals surface area (Å²) in [5.74, 6) is 1.63. The molecule has 8 heteroatoms. The summed E-state index contributed by atoms with van der Waals surface area (Å²) in [7, 11) is -0.448. The summed E-state index contributed by atoms with van der Waals surface area (Å²) in [6.07, 6.45) is 3.92. The summed E-state index contributed by atoms with van der Waals surface area (Å²) in [4.78, 5) is 4.11. The minimum absolute atomic E-state index is 0.280. The first-order valence-corrected chi connectivity index (χ1v) is 8.40. The molecule has 0 radical (unpaired) electrons. The van der Waals surface area contributed by atoms with Crippen LogP contribution in [-0.4, -0.2) is 44.5 Å². The van der Waals surface area contributed by atoms with Crippen molar-refractivity contribution in [1.82, 2.24) is 8.96 Å². The zero-order valence-electron chi connectivity index (χ0n) is 12.9. The highest BCUT2D eigenvalue weighted by atomic mass is 32.2. The highest BCUT2D eigenvalue weighted by molar-refractivity contribution is 7.89. The van der Waals surface area contributed by atoms with Crippen LogP contribution in [0.1, 0.15) is 6.92 Å². The number of methoxy groups -OCH3 is 2. The summed E-state index contributed by atoms with van der Waals surface area (Å²) in [6.45, 7) is 2.30. The molecule has 1 heterocycles. The van der Waals surface area contributed by atoms with Crippen LogP contribution >= 0.6 is 0 Å². The van der Waals surface area contributed by atoms with E-state index in [1.54, 1.807) is 12.1 Å². The van der Waals surface area contributed by atoms with E-state index in [-0.39, 0.29) is 5.82 Å². The van der Waals surface area contributed by atoms with E-state index in [4.69, 9.17) is 14.2 Å². The lowest BCUT2D eigenvalue weighted by molar-refractivity contribution is 0.288. The smallest absolute Gasteiger partial charge is 0.237 e. The first-order chi connectivity index (χ1) is 10.4. The molecule has 0 N–H and O–H groups in total. The van der Waals surface area contributed by atoms with Crippen molar-refractivity contribution in [3.05, 3.63) is 24.5 Å². The van der Waals surface area contributed by atoms with E-state index in [0.29, 0.717) is 29.4 Å². The predicted molar refractivity (Wildman–Crippen MR) is 82.2 cm³/mol. The van der Waals surface area contributed by atoms with Gasteiger partial charge in [0.2, 0.25) is 15.8 Å². The van der Waals surface area contributed by atoms with Gasteiger partial charge in [0.25, 0.3) is 0 Å². The van der Waals surface area contributed by atoms with Crippen LogP contribution in [0.2, 0.25) is 0 Å². The van der Waals surface area contributed by atoms with E-state index in [1.807, 2.05) is 6.92 Å². The minimum atomic E-state index is -3.46. The Morgan fingerprint density at radius 2 is 1.77 bits per heavy atom. The summed E-state index contributed by atoms with van der Waals surface area (Å²) in [5, 5.41) is 0. The van der Waals surface area contributed by atoms with Crippen LogP contribution in [0, 0.1) is 0 Å². The molecular weight excluding hydrogens is 308 g/mol. The second-order valence-corrected chi connectivity index (χ2v) is 6.31. The third kappa shape index (κ3) is 3.01. The largest absolute Gasteiger partial charge is 0.493 e. The number of imidazole rings is 1. The van der Waals surface area contributed by atoms with E-state index >= 15 is 0 Å². The Morgan fingerprint density at radius 3 is 2.23 bits per heavy atom. The lowest BCUT2D eigenvalue weighted by atomic mass is 10.1. The predicted octanol–water partition coefficient (Wildman–Crippen LogP) is 1.77. The van der Waals surface area contributed by atoms with Crippen LogP contribution in [0.25, 0.3) is 11.4 Å². The van der Waals surface area contributed by atoms with Crippen molar-refractivity contribution >= 4 is 10.0 Å². The quantitative estimate of drug-likeness (QED) is 0.805. The second-order valence-electron chi connectivity index (χ2n) is 4.45. The number of benzene rings is 1. The fourth-order valence-corrected chi connectivity index (χ4v) is 2.80. The minimum Gasteiger partial charge on any atom is -0.493 e. The highest BCUT2D eigenvalue weighted by Gasteiger charge is 2.19. The van der Waals surface area contributed by atoms with Gasteiger partial charge >= 0.3 is 0 Å². The Morgan fingerprint density at radius 1 is 1.18 bits per heavy atom. The third-order valence-electron chi connectivity index (χ3n) is 2.97. The van der Waals surface area contributed by atoms with Crippen molar-refractivity contribution in [2.75, 3.05) is 27.1 Å². The average molecular weight is 326 g/mol. The number of aromatic nitrogens is 2. The molecule has 0 saturated heterocycles.